The van der Waals surface area contributed by atoms with Crippen molar-refractivity contribution in [1.82, 2.24) is 9.88 Å². The number of aliphatic hydroxyl groups is 1. The molecule has 1 N–H and O–H groups in total. The maximum Gasteiger partial charge on any atom is 0.255 e. The van der Waals surface area contributed by atoms with Crippen LogP contribution in [0, 0.1) is 0 Å². The summed E-state index contributed by atoms with van der Waals surface area (Å²) in [4.78, 5) is 20.5. The Kier molecular flexibility index (Phi) is 12.7. The van der Waals surface area contributed by atoms with Crippen LogP contribution in [0.2, 0.25) is 0 Å². The first-order valence-corrected chi connectivity index (χ1v) is 13.5. The van der Waals surface area contributed by atoms with Gasteiger partial charge in [0.25, 0.3) is 5.91 Å². The lowest BCUT2D eigenvalue weighted by molar-refractivity contribution is 0.0301. The molecule has 0 aliphatic carbocycles. The molecule has 1 atom stereocenters. The Morgan fingerprint density at radius 3 is 2.27 bits per heavy atom. The maximum atomic E-state index is 13.0. The summed E-state index contributed by atoms with van der Waals surface area (Å²) in [6, 6.07) is 14.1. The average Bonchev–Trinajstić information content (AvgIpc) is 2.86. The van der Waals surface area contributed by atoms with Crippen molar-refractivity contribution in [1.29, 1.82) is 0 Å². The molecule has 186 valence electrons. The van der Waals surface area contributed by atoms with Crippen molar-refractivity contribution in [2.75, 3.05) is 46.3 Å². The van der Waals surface area contributed by atoms with Gasteiger partial charge in [0.15, 0.2) is 0 Å². The number of hydrogen-bond acceptors (Lipinski definition) is 5. The lowest BCUT2D eigenvalue weighted by atomic mass is 10.1. The number of morpholine rings is 1. The lowest BCUT2D eigenvalue weighted by Crippen LogP contribution is -2.41. The van der Waals surface area contributed by atoms with Crippen LogP contribution in [0.4, 0.5) is 0 Å². The smallest absolute Gasteiger partial charge is 0.255 e. The molecule has 1 aliphatic rings. The Morgan fingerprint density at radius 2 is 1.70 bits per heavy atom. The number of carbonyl (C=O) groups excluding carboxylic acids is 1. The Labute approximate surface area is 201 Å². The van der Waals surface area contributed by atoms with Crippen LogP contribution < -0.4 is 0 Å². The first-order valence-electron chi connectivity index (χ1n) is 11.6. The molecule has 1 amide bonds. The number of pyridine rings is 1. The molecule has 2 heterocycles. The predicted molar refractivity (Wildman–Crippen MR) is 138 cm³/mol. The van der Waals surface area contributed by atoms with Gasteiger partial charge in [0.2, 0.25) is 0 Å². The number of benzene rings is 1. The number of aliphatic hydroxyl groups excluding tert-OH is 1. The lowest BCUT2D eigenvalue weighted by Gasteiger charge is -2.47. The van der Waals surface area contributed by atoms with Gasteiger partial charge in [-0.25, -0.2) is 0 Å². The van der Waals surface area contributed by atoms with Gasteiger partial charge in [-0.05, 0) is 30.5 Å². The molecular weight excluding hydrogens is 436 g/mol. The van der Waals surface area contributed by atoms with Crippen molar-refractivity contribution in [3.05, 3.63) is 59.9 Å². The zero-order chi connectivity index (χ0) is 24.9. The number of aromatic nitrogens is 1. The number of hydrogen-bond donors (Lipinski definition) is 1. The Hall–Kier alpha value is -1.93. The van der Waals surface area contributed by atoms with Crippen molar-refractivity contribution >= 4 is 16.2 Å². The minimum atomic E-state index is -1.50. The van der Waals surface area contributed by atoms with Crippen LogP contribution in [0.15, 0.2) is 53.6 Å². The van der Waals surface area contributed by atoms with E-state index in [1.165, 1.54) is 4.90 Å². The topological polar surface area (TPSA) is 71.9 Å². The van der Waals surface area contributed by atoms with E-state index in [0.29, 0.717) is 44.9 Å². The molecule has 0 bridgehead atoms. The third-order valence-electron chi connectivity index (χ3n) is 5.44. The summed E-state index contributed by atoms with van der Waals surface area (Å²) in [5.74, 6) is 0.0328. The average molecular weight is 479 g/mol. The zero-order valence-corrected chi connectivity index (χ0v) is 22.2. The van der Waals surface area contributed by atoms with E-state index in [9.17, 15) is 4.79 Å². The number of nitrogens with zero attached hydrogens (tertiary/aromatic N) is 2. The number of carbonyl (C=O) groups is 1. The number of amides is 1. The van der Waals surface area contributed by atoms with Crippen LogP contribution in [0.3, 0.4) is 0 Å². The van der Waals surface area contributed by atoms with Crippen molar-refractivity contribution in [2.45, 2.75) is 50.7 Å². The molecular formula is C26H42N2O4S. The van der Waals surface area contributed by atoms with Crippen LogP contribution >= 0.6 is 10.3 Å². The Bertz CT molecular complexity index is 821. The molecule has 6 nitrogen and oxygen atoms in total. The summed E-state index contributed by atoms with van der Waals surface area (Å²) < 4.78 is 11.9. The molecule has 0 saturated carbocycles. The summed E-state index contributed by atoms with van der Waals surface area (Å²) >= 11 is 0. The van der Waals surface area contributed by atoms with E-state index in [1.54, 1.807) is 6.20 Å². The fourth-order valence-corrected chi connectivity index (χ4v) is 5.64. The van der Waals surface area contributed by atoms with Gasteiger partial charge in [0.05, 0.1) is 31.1 Å². The van der Waals surface area contributed by atoms with Gasteiger partial charge in [-0.15, -0.1) is 10.3 Å². The van der Waals surface area contributed by atoms with Gasteiger partial charge in [-0.2, -0.15) is 0 Å². The van der Waals surface area contributed by atoms with E-state index in [1.807, 2.05) is 36.9 Å². The standard InChI is InChI=1S/C23H32N2O3S.C2H6.CH4O/c1-23(2,3)29(4,19-9-6-5-7-10-19)28-16-12-21-20(11-8-13-24-21)22(26)25-14-17-27-18-15-25;2*1-2/h5-11,13H,12,14-18H2,1-4H3;1-2H3;2H,1H3. The van der Waals surface area contributed by atoms with Gasteiger partial charge in [-0.3, -0.25) is 9.78 Å². The van der Waals surface area contributed by atoms with Crippen molar-refractivity contribution in [3.63, 3.8) is 0 Å². The summed E-state index contributed by atoms with van der Waals surface area (Å²) in [5.41, 5.74) is 1.47. The summed E-state index contributed by atoms with van der Waals surface area (Å²) in [6.07, 6.45) is 4.58. The second-order valence-electron chi connectivity index (χ2n) is 8.24. The molecule has 3 rings (SSSR count). The van der Waals surface area contributed by atoms with E-state index < -0.39 is 10.3 Å². The van der Waals surface area contributed by atoms with Gasteiger partial charge in [-0.1, -0.05) is 52.8 Å². The highest BCUT2D eigenvalue weighted by molar-refractivity contribution is 8.30. The van der Waals surface area contributed by atoms with Crippen LogP contribution in [-0.2, 0) is 15.3 Å². The highest BCUT2D eigenvalue weighted by Crippen LogP contribution is 2.63. The third kappa shape index (κ3) is 7.81. The first-order chi connectivity index (χ1) is 15.8. The van der Waals surface area contributed by atoms with E-state index in [4.69, 9.17) is 14.0 Å². The molecule has 33 heavy (non-hydrogen) atoms. The molecule has 7 heteroatoms. The normalized spacial score (nSPS) is 16.3. The Balaban J connectivity index is 0.00000129. The first kappa shape index (κ1) is 29.1. The van der Waals surface area contributed by atoms with E-state index >= 15 is 0 Å². The predicted octanol–water partition coefficient (Wildman–Crippen LogP) is 4.95. The van der Waals surface area contributed by atoms with Crippen molar-refractivity contribution in [2.24, 2.45) is 0 Å². The molecule has 1 unspecified atom stereocenters. The minimum Gasteiger partial charge on any atom is -0.400 e. The van der Waals surface area contributed by atoms with E-state index in [2.05, 4.69) is 56.3 Å². The molecule has 2 aromatic rings. The zero-order valence-electron chi connectivity index (χ0n) is 21.3. The van der Waals surface area contributed by atoms with Gasteiger partial charge < -0.3 is 18.9 Å². The molecule has 1 aliphatic heterocycles. The molecule has 1 aromatic carbocycles. The highest BCUT2D eigenvalue weighted by atomic mass is 32.3. The molecule has 1 aromatic heterocycles. The quantitative estimate of drug-likeness (QED) is 0.636. The minimum absolute atomic E-state index is 0.00901. The third-order valence-corrected chi connectivity index (χ3v) is 9.59. The summed E-state index contributed by atoms with van der Waals surface area (Å²) in [6.45, 7) is 13.6. The SMILES string of the molecule is CC.CC(C)(C)S(C)(OCCc1ncccc1C(=O)N1CCOCC1)c1ccccc1.CO. The fraction of sp³-hybridized carbons (Fsp3) is 0.538. The van der Waals surface area contributed by atoms with Gasteiger partial charge >= 0.3 is 0 Å². The van der Waals surface area contributed by atoms with Gasteiger partial charge in [0, 0.05) is 42.5 Å². The van der Waals surface area contributed by atoms with E-state index in [-0.39, 0.29) is 10.7 Å². The second-order valence-corrected chi connectivity index (χ2v) is 11.9. The summed E-state index contributed by atoms with van der Waals surface area (Å²) in [7, 11) is -0.497. The summed E-state index contributed by atoms with van der Waals surface area (Å²) in [5, 5.41) is 7.00. The second kappa shape index (κ2) is 14.4. The fourth-order valence-electron chi connectivity index (χ4n) is 3.35. The van der Waals surface area contributed by atoms with Crippen LogP contribution in [0.25, 0.3) is 0 Å². The van der Waals surface area contributed by atoms with E-state index in [0.717, 1.165) is 12.8 Å². The maximum absolute atomic E-state index is 13.0. The van der Waals surface area contributed by atoms with Crippen molar-refractivity contribution in [3.8, 4) is 0 Å². The molecule has 1 saturated heterocycles. The number of ether oxygens (including phenoxy) is 1. The monoisotopic (exact) mass is 478 g/mol. The van der Waals surface area contributed by atoms with Crippen molar-refractivity contribution < 1.29 is 18.8 Å². The highest BCUT2D eigenvalue weighted by Gasteiger charge is 2.35. The number of rotatable bonds is 6. The molecule has 0 spiro atoms. The largest absolute Gasteiger partial charge is 0.400 e. The van der Waals surface area contributed by atoms with Crippen LogP contribution in [0.1, 0.15) is 50.7 Å². The van der Waals surface area contributed by atoms with Crippen LogP contribution in [-0.4, -0.2) is 71.9 Å². The molecule has 1 fully saturated rings. The molecule has 0 radical (unpaired) electrons. The van der Waals surface area contributed by atoms with Gasteiger partial charge in [0.1, 0.15) is 0 Å². The van der Waals surface area contributed by atoms with Crippen LogP contribution in [0.5, 0.6) is 0 Å². The Morgan fingerprint density at radius 1 is 1.09 bits per heavy atom.